The number of nitrogen functional groups attached to an aromatic ring is 1. The summed E-state index contributed by atoms with van der Waals surface area (Å²) in [5.41, 5.74) is 5.91. The van der Waals surface area contributed by atoms with Gasteiger partial charge in [0.1, 0.15) is 5.75 Å². The lowest BCUT2D eigenvalue weighted by molar-refractivity contribution is -0.141. The Morgan fingerprint density at radius 1 is 1.19 bits per heavy atom. The van der Waals surface area contributed by atoms with Crippen LogP contribution in [0.5, 0.6) is 11.6 Å². The van der Waals surface area contributed by atoms with Crippen molar-refractivity contribution in [1.82, 2.24) is 10.2 Å². The third-order valence-corrected chi connectivity index (χ3v) is 2.59. The summed E-state index contributed by atoms with van der Waals surface area (Å²) < 4.78 is 42.6. The van der Waals surface area contributed by atoms with Crippen LogP contribution in [0.2, 0.25) is 0 Å². The van der Waals surface area contributed by atoms with Gasteiger partial charge in [-0.05, 0) is 30.7 Å². The Bertz CT molecular complexity index is 639. The van der Waals surface area contributed by atoms with E-state index in [0.717, 1.165) is 17.7 Å². The normalized spacial score (nSPS) is 11.2. The molecule has 0 radical (unpaired) electrons. The fourth-order valence-corrected chi connectivity index (χ4v) is 1.65. The molecule has 1 heterocycles. The third kappa shape index (κ3) is 3.71. The molecule has 2 N–H and O–H groups in total. The van der Waals surface area contributed by atoms with Crippen molar-refractivity contribution < 1.29 is 17.9 Å². The summed E-state index contributed by atoms with van der Waals surface area (Å²) in [5.74, 6) is 0.413. The number of alkyl halides is 3. The van der Waals surface area contributed by atoms with Crippen LogP contribution in [0.3, 0.4) is 0 Å². The first kappa shape index (κ1) is 14.8. The maximum Gasteiger partial charge on any atom is 0.435 e. The predicted molar refractivity (Wildman–Crippen MR) is 71.9 cm³/mol. The van der Waals surface area contributed by atoms with Gasteiger partial charge in [0.15, 0.2) is 5.69 Å². The minimum atomic E-state index is -4.53. The molecule has 0 atom stereocenters. The van der Waals surface area contributed by atoms with E-state index < -0.39 is 11.9 Å². The van der Waals surface area contributed by atoms with Gasteiger partial charge in [0.05, 0.1) is 0 Å². The highest BCUT2D eigenvalue weighted by atomic mass is 19.4. The maximum atomic E-state index is 12.4. The monoisotopic (exact) mass is 295 g/mol. The van der Waals surface area contributed by atoms with Gasteiger partial charge in [0.25, 0.3) is 0 Å². The molecular formula is C14H12F3N3O. The molecule has 0 aliphatic carbocycles. The molecule has 2 rings (SSSR count). The average molecular weight is 295 g/mol. The minimum absolute atomic E-state index is 0.0296. The SMILES string of the molecule is C=CCc1cc(N)ccc1Oc1ccc(C(F)(F)F)nn1. The molecule has 1 aromatic heterocycles. The Kier molecular flexibility index (Phi) is 4.11. The summed E-state index contributed by atoms with van der Waals surface area (Å²) in [6.07, 6.45) is -2.35. The van der Waals surface area contributed by atoms with Crippen molar-refractivity contribution in [3.63, 3.8) is 0 Å². The number of allylic oxidation sites excluding steroid dienone is 1. The smallest absolute Gasteiger partial charge is 0.435 e. The van der Waals surface area contributed by atoms with Crippen LogP contribution >= 0.6 is 0 Å². The average Bonchev–Trinajstić information content (AvgIpc) is 2.42. The number of halogens is 3. The molecule has 0 bridgehead atoms. The second-order valence-corrected chi connectivity index (χ2v) is 4.22. The number of anilines is 1. The van der Waals surface area contributed by atoms with Crippen LogP contribution in [-0.4, -0.2) is 10.2 Å². The van der Waals surface area contributed by atoms with Crippen molar-refractivity contribution in [2.45, 2.75) is 12.6 Å². The highest BCUT2D eigenvalue weighted by Crippen LogP contribution is 2.29. The summed E-state index contributed by atoms with van der Waals surface area (Å²) in [4.78, 5) is 0. The molecule has 0 spiro atoms. The van der Waals surface area contributed by atoms with Gasteiger partial charge < -0.3 is 10.5 Å². The van der Waals surface area contributed by atoms with Crippen molar-refractivity contribution in [3.05, 3.63) is 54.2 Å². The Labute approximate surface area is 119 Å². The van der Waals surface area contributed by atoms with Gasteiger partial charge in [-0.15, -0.1) is 16.8 Å². The Morgan fingerprint density at radius 3 is 2.52 bits per heavy atom. The standard InChI is InChI=1S/C14H12F3N3O/c1-2-3-9-8-10(18)4-5-11(9)21-13-7-6-12(19-20-13)14(15,16)17/h2,4-8H,1,3,18H2. The molecule has 0 amide bonds. The number of rotatable bonds is 4. The third-order valence-electron chi connectivity index (χ3n) is 2.59. The van der Waals surface area contributed by atoms with Crippen molar-refractivity contribution in [1.29, 1.82) is 0 Å². The van der Waals surface area contributed by atoms with Gasteiger partial charge >= 0.3 is 6.18 Å². The number of aromatic nitrogens is 2. The highest BCUT2D eigenvalue weighted by molar-refractivity contribution is 5.49. The molecule has 0 aliphatic rings. The lowest BCUT2D eigenvalue weighted by Gasteiger charge is -2.10. The van der Waals surface area contributed by atoms with Crippen molar-refractivity contribution in [2.24, 2.45) is 0 Å². The molecule has 7 heteroatoms. The zero-order valence-corrected chi connectivity index (χ0v) is 10.9. The minimum Gasteiger partial charge on any atom is -0.437 e. The molecule has 0 unspecified atom stereocenters. The first-order valence-electron chi connectivity index (χ1n) is 5.98. The quantitative estimate of drug-likeness (QED) is 0.691. The molecule has 0 aliphatic heterocycles. The largest absolute Gasteiger partial charge is 0.437 e. The van der Waals surface area contributed by atoms with Crippen molar-refractivity contribution >= 4 is 5.69 Å². The van der Waals surface area contributed by atoms with Crippen molar-refractivity contribution in [2.75, 3.05) is 5.73 Å². The zero-order chi connectivity index (χ0) is 15.5. The summed E-state index contributed by atoms with van der Waals surface area (Å²) in [6, 6.07) is 6.87. The van der Waals surface area contributed by atoms with E-state index in [9.17, 15) is 13.2 Å². The summed E-state index contributed by atoms with van der Waals surface area (Å²) in [6.45, 7) is 3.62. The van der Waals surface area contributed by atoms with Gasteiger partial charge in [-0.25, -0.2) is 0 Å². The lowest BCUT2D eigenvalue weighted by Crippen LogP contribution is -2.09. The number of hydrogen-bond acceptors (Lipinski definition) is 4. The maximum absolute atomic E-state index is 12.4. The van der Waals surface area contributed by atoms with Gasteiger partial charge in [-0.2, -0.15) is 13.2 Å². The van der Waals surface area contributed by atoms with Crippen molar-refractivity contribution in [3.8, 4) is 11.6 Å². The van der Waals surface area contributed by atoms with E-state index in [1.165, 1.54) is 0 Å². The Balaban J connectivity index is 2.24. The molecule has 4 nitrogen and oxygen atoms in total. The predicted octanol–water partition coefficient (Wildman–Crippen LogP) is 3.60. The summed E-state index contributed by atoms with van der Waals surface area (Å²) in [5, 5.41) is 6.51. The van der Waals surface area contributed by atoms with E-state index in [0.29, 0.717) is 17.9 Å². The van der Waals surface area contributed by atoms with Gasteiger partial charge in [-0.1, -0.05) is 6.08 Å². The molecule has 0 fully saturated rings. The molecule has 1 aromatic carbocycles. The van der Waals surface area contributed by atoms with Gasteiger partial charge in [-0.3, -0.25) is 0 Å². The molecular weight excluding hydrogens is 283 g/mol. The Morgan fingerprint density at radius 2 is 1.95 bits per heavy atom. The summed E-state index contributed by atoms with van der Waals surface area (Å²) >= 11 is 0. The second kappa shape index (κ2) is 5.82. The van der Waals surface area contributed by atoms with E-state index in [-0.39, 0.29) is 5.88 Å². The molecule has 21 heavy (non-hydrogen) atoms. The molecule has 0 saturated carbocycles. The van der Waals surface area contributed by atoms with Gasteiger partial charge in [0, 0.05) is 17.3 Å². The van der Waals surface area contributed by atoms with E-state index in [1.807, 2.05) is 0 Å². The zero-order valence-electron chi connectivity index (χ0n) is 10.9. The second-order valence-electron chi connectivity index (χ2n) is 4.22. The van der Waals surface area contributed by atoms with Crippen LogP contribution in [0.25, 0.3) is 0 Å². The van der Waals surface area contributed by atoms with E-state index >= 15 is 0 Å². The van der Waals surface area contributed by atoms with Crippen LogP contribution < -0.4 is 10.5 Å². The lowest BCUT2D eigenvalue weighted by atomic mass is 10.1. The molecule has 0 saturated heterocycles. The number of nitrogens with zero attached hydrogens (tertiary/aromatic N) is 2. The van der Waals surface area contributed by atoms with E-state index in [1.54, 1.807) is 24.3 Å². The number of nitrogens with two attached hydrogens (primary N) is 1. The van der Waals surface area contributed by atoms with Crippen LogP contribution in [0.15, 0.2) is 43.0 Å². The number of ether oxygens (including phenoxy) is 1. The first-order chi connectivity index (χ1) is 9.90. The first-order valence-corrected chi connectivity index (χ1v) is 5.98. The van der Waals surface area contributed by atoms with Crippen LogP contribution in [-0.2, 0) is 12.6 Å². The fraction of sp³-hybridized carbons (Fsp3) is 0.143. The van der Waals surface area contributed by atoms with Gasteiger partial charge in [0.2, 0.25) is 5.88 Å². The topological polar surface area (TPSA) is 61.0 Å². The highest BCUT2D eigenvalue weighted by Gasteiger charge is 2.33. The summed E-state index contributed by atoms with van der Waals surface area (Å²) in [7, 11) is 0. The Hall–Kier alpha value is -2.57. The number of hydrogen-bond donors (Lipinski definition) is 1. The van der Waals surface area contributed by atoms with Crippen LogP contribution in [0, 0.1) is 0 Å². The molecule has 110 valence electrons. The van der Waals surface area contributed by atoms with E-state index in [2.05, 4.69) is 16.8 Å². The van der Waals surface area contributed by atoms with E-state index in [4.69, 9.17) is 10.5 Å². The van der Waals surface area contributed by atoms with Crippen LogP contribution in [0.4, 0.5) is 18.9 Å². The fourth-order valence-electron chi connectivity index (χ4n) is 1.65. The number of benzene rings is 1. The molecule has 2 aromatic rings. The van der Waals surface area contributed by atoms with Crippen LogP contribution in [0.1, 0.15) is 11.3 Å².